The molecule has 1 atom stereocenters. The van der Waals surface area contributed by atoms with Crippen molar-refractivity contribution in [3.8, 4) is 0 Å². The average Bonchev–Trinajstić information content (AvgIpc) is 2.78. The van der Waals surface area contributed by atoms with E-state index in [2.05, 4.69) is 15.5 Å². The molecule has 2 N–H and O–H groups in total. The van der Waals surface area contributed by atoms with Gasteiger partial charge in [0.15, 0.2) is 11.6 Å². The summed E-state index contributed by atoms with van der Waals surface area (Å²) in [6.45, 7) is 6.33. The van der Waals surface area contributed by atoms with Crippen molar-refractivity contribution >= 4 is 23.3 Å². The number of urea groups is 1. The maximum atomic E-state index is 13.1. The zero-order valence-electron chi connectivity index (χ0n) is 19.3. The van der Waals surface area contributed by atoms with E-state index in [4.69, 9.17) is 0 Å². The molecule has 7 heteroatoms. The number of nitrogens with one attached hydrogen (secondary N) is 2. The summed E-state index contributed by atoms with van der Waals surface area (Å²) in [5, 5.41) is 5.56. The number of likely N-dealkylation sites (tertiary alicyclic amines) is 1. The highest BCUT2D eigenvalue weighted by atomic mass is 19.1. The van der Waals surface area contributed by atoms with Crippen molar-refractivity contribution in [2.75, 3.05) is 31.5 Å². The first-order valence-electron chi connectivity index (χ1n) is 11.5. The van der Waals surface area contributed by atoms with Gasteiger partial charge >= 0.3 is 6.03 Å². The van der Waals surface area contributed by atoms with E-state index in [1.54, 1.807) is 12.1 Å². The third-order valence-corrected chi connectivity index (χ3v) is 5.98. The number of hydrogen-bond donors (Lipinski definition) is 2. The molecule has 1 aliphatic rings. The quantitative estimate of drug-likeness (QED) is 0.426. The molecule has 0 aromatic heterocycles. The summed E-state index contributed by atoms with van der Waals surface area (Å²) in [4.78, 5) is 38.1. The third-order valence-electron chi connectivity index (χ3n) is 5.98. The fraction of sp³-hybridized carbons (Fsp3) is 0.423. The molecule has 0 radical (unpaired) electrons. The Balaban J connectivity index is 1.41. The van der Waals surface area contributed by atoms with Gasteiger partial charge in [-0.15, -0.1) is 0 Å². The van der Waals surface area contributed by atoms with E-state index in [1.807, 2.05) is 12.1 Å². The maximum Gasteiger partial charge on any atom is 0.319 e. The lowest BCUT2D eigenvalue weighted by Gasteiger charge is -2.32. The van der Waals surface area contributed by atoms with Gasteiger partial charge in [-0.1, -0.05) is 12.1 Å². The van der Waals surface area contributed by atoms with Crippen LogP contribution >= 0.6 is 0 Å². The predicted molar refractivity (Wildman–Crippen MR) is 127 cm³/mol. The monoisotopic (exact) mass is 453 g/mol. The van der Waals surface area contributed by atoms with Crippen LogP contribution in [0.4, 0.5) is 14.9 Å². The maximum absolute atomic E-state index is 13.1. The minimum absolute atomic E-state index is 0.166. The molecule has 1 saturated heterocycles. The van der Waals surface area contributed by atoms with Gasteiger partial charge in [0.25, 0.3) is 0 Å². The highest BCUT2D eigenvalue weighted by molar-refractivity contribution is 6.02. The molecule has 0 bridgehead atoms. The second-order valence-electron chi connectivity index (χ2n) is 8.79. The molecule has 1 aliphatic heterocycles. The Morgan fingerprint density at radius 1 is 1.03 bits per heavy atom. The van der Waals surface area contributed by atoms with Gasteiger partial charge in [-0.2, -0.15) is 0 Å². The smallest absolute Gasteiger partial charge is 0.319 e. The number of Topliss-reactive ketones (excluding diaryl/α,β-unsaturated/α-hetero) is 2. The van der Waals surface area contributed by atoms with Crippen LogP contribution in [0, 0.1) is 11.7 Å². The van der Waals surface area contributed by atoms with Crippen LogP contribution in [0.2, 0.25) is 0 Å². The second-order valence-corrected chi connectivity index (χ2v) is 8.79. The molecule has 2 amide bonds. The number of anilines is 1. The summed E-state index contributed by atoms with van der Waals surface area (Å²) >= 11 is 0. The number of rotatable bonds is 9. The van der Waals surface area contributed by atoms with E-state index in [0.29, 0.717) is 29.3 Å². The number of hydrogen-bond acceptors (Lipinski definition) is 4. The van der Waals surface area contributed by atoms with Crippen LogP contribution < -0.4 is 10.6 Å². The number of halogens is 1. The molecule has 3 rings (SSSR count). The van der Waals surface area contributed by atoms with Gasteiger partial charge in [0.1, 0.15) is 5.82 Å². The number of carbonyl (C=O) groups is 3. The molecule has 2 aromatic carbocycles. The largest absolute Gasteiger partial charge is 0.338 e. The molecule has 1 fully saturated rings. The fourth-order valence-electron chi connectivity index (χ4n) is 4.26. The van der Waals surface area contributed by atoms with E-state index < -0.39 is 0 Å². The van der Waals surface area contributed by atoms with E-state index in [-0.39, 0.29) is 23.4 Å². The molecule has 6 nitrogen and oxygen atoms in total. The summed E-state index contributed by atoms with van der Waals surface area (Å²) in [7, 11) is 0. The Bertz CT molecular complexity index is 959. The van der Waals surface area contributed by atoms with Crippen LogP contribution in [0.3, 0.4) is 0 Å². The summed E-state index contributed by atoms with van der Waals surface area (Å²) in [5.41, 5.74) is 2.37. The van der Waals surface area contributed by atoms with E-state index >= 15 is 0 Å². The van der Waals surface area contributed by atoms with Crippen molar-refractivity contribution in [2.24, 2.45) is 5.92 Å². The Morgan fingerprint density at radius 3 is 2.33 bits per heavy atom. The lowest BCUT2D eigenvalue weighted by Crippen LogP contribution is -2.38. The second kappa shape index (κ2) is 11.7. The number of piperidine rings is 1. The summed E-state index contributed by atoms with van der Waals surface area (Å²) in [6, 6.07) is 11.1. The van der Waals surface area contributed by atoms with Crippen molar-refractivity contribution in [3.05, 3.63) is 65.0 Å². The Kier molecular flexibility index (Phi) is 8.72. The minimum atomic E-state index is -0.363. The number of carbonyl (C=O) groups excluding carboxylic acids is 3. The van der Waals surface area contributed by atoms with Gasteiger partial charge in [-0.3, -0.25) is 9.59 Å². The molecular formula is C26H32FN3O3. The number of amides is 2. The van der Waals surface area contributed by atoms with Gasteiger partial charge in [0.2, 0.25) is 0 Å². The first-order valence-corrected chi connectivity index (χ1v) is 11.5. The standard InChI is InChI=1S/C26H32FN3O3/c1-18(31)22-14-23(19(2)32)16-25(15-22)29-26(33)28-10-4-12-30-11-3-5-21(17-30)13-20-6-8-24(27)9-7-20/h6-9,14-16,21H,3-5,10-13,17H2,1-2H3,(H2,28,29,33). The molecule has 0 saturated carbocycles. The van der Waals surface area contributed by atoms with Gasteiger partial charge < -0.3 is 15.5 Å². The lowest BCUT2D eigenvalue weighted by molar-refractivity contribution is 0.101. The van der Waals surface area contributed by atoms with Crippen molar-refractivity contribution in [1.29, 1.82) is 0 Å². The first-order chi connectivity index (χ1) is 15.8. The summed E-state index contributed by atoms with van der Waals surface area (Å²) in [5.74, 6) is 0.0255. The van der Waals surface area contributed by atoms with Crippen LogP contribution in [0.15, 0.2) is 42.5 Å². The molecule has 2 aromatic rings. The summed E-state index contributed by atoms with van der Waals surface area (Å²) in [6.07, 6.45) is 4.10. The van der Waals surface area contributed by atoms with Gasteiger partial charge in [-0.05, 0) is 94.4 Å². The SMILES string of the molecule is CC(=O)c1cc(NC(=O)NCCCN2CCCC(Cc3ccc(F)cc3)C2)cc(C(C)=O)c1. The highest BCUT2D eigenvalue weighted by Gasteiger charge is 2.20. The first kappa shape index (κ1) is 24.6. The van der Waals surface area contributed by atoms with Crippen LogP contribution in [-0.4, -0.2) is 48.7 Å². The molecule has 33 heavy (non-hydrogen) atoms. The van der Waals surface area contributed by atoms with Crippen LogP contribution in [0.5, 0.6) is 0 Å². The van der Waals surface area contributed by atoms with E-state index in [0.717, 1.165) is 38.9 Å². The Labute approximate surface area is 194 Å². The molecule has 176 valence electrons. The minimum Gasteiger partial charge on any atom is -0.338 e. The van der Waals surface area contributed by atoms with Crippen LogP contribution in [0.25, 0.3) is 0 Å². The number of nitrogens with zero attached hydrogens (tertiary/aromatic N) is 1. The lowest BCUT2D eigenvalue weighted by atomic mass is 9.91. The van der Waals surface area contributed by atoms with Gasteiger partial charge in [0.05, 0.1) is 0 Å². The summed E-state index contributed by atoms with van der Waals surface area (Å²) < 4.78 is 13.1. The van der Waals surface area contributed by atoms with E-state index in [9.17, 15) is 18.8 Å². The number of benzene rings is 2. The molecule has 1 unspecified atom stereocenters. The van der Waals surface area contributed by atoms with Gasteiger partial charge in [0, 0.05) is 29.9 Å². The normalized spacial score (nSPS) is 16.3. The Hall–Kier alpha value is -3.06. The van der Waals surface area contributed by atoms with Crippen LogP contribution in [0.1, 0.15) is 59.4 Å². The van der Waals surface area contributed by atoms with Crippen molar-refractivity contribution in [2.45, 2.75) is 39.5 Å². The van der Waals surface area contributed by atoms with E-state index in [1.165, 1.54) is 44.0 Å². The molecule has 0 aliphatic carbocycles. The predicted octanol–water partition coefficient (Wildman–Crippen LogP) is 4.70. The van der Waals surface area contributed by atoms with Crippen molar-refractivity contribution < 1.29 is 18.8 Å². The third kappa shape index (κ3) is 7.79. The van der Waals surface area contributed by atoms with Crippen molar-refractivity contribution in [1.82, 2.24) is 10.2 Å². The zero-order valence-corrected chi connectivity index (χ0v) is 19.3. The van der Waals surface area contributed by atoms with Gasteiger partial charge in [-0.25, -0.2) is 9.18 Å². The average molecular weight is 454 g/mol. The number of ketones is 2. The topological polar surface area (TPSA) is 78.5 Å². The zero-order chi connectivity index (χ0) is 23.8. The molecule has 0 spiro atoms. The van der Waals surface area contributed by atoms with Crippen LogP contribution in [-0.2, 0) is 6.42 Å². The Morgan fingerprint density at radius 2 is 1.70 bits per heavy atom. The molecular weight excluding hydrogens is 421 g/mol. The molecule has 1 heterocycles. The van der Waals surface area contributed by atoms with Crippen molar-refractivity contribution in [3.63, 3.8) is 0 Å². The highest BCUT2D eigenvalue weighted by Crippen LogP contribution is 2.21. The fourth-order valence-corrected chi connectivity index (χ4v) is 4.26.